The standard InChI is InChI=1S/C16H20N4O/c1-12-7-13(8-17)10-19(12)16(21)14-9-18-20(11-14)15-5-3-2-4-6-15/h2-6,9,11-13H,7-8,10,17H2,1H3. The van der Waals surface area contributed by atoms with Gasteiger partial charge in [-0.1, -0.05) is 18.2 Å². The molecular formula is C16H20N4O. The number of nitrogens with zero attached hydrogens (tertiary/aromatic N) is 3. The first kappa shape index (κ1) is 13.8. The van der Waals surface area contributed by atoms with Crippen molar-refractivity contribution in [2.24, 2.45) is 11.7 Å². The average molecular weight is 284 g/mol. The van der Waals surface area contributed by atoms with Gasteiger partial charge < -0.3 is 10.6 Å². The molecule has 2 N–H and O–H groups in total. The van der Waals surface area contributed by atoms with Crippen molar-refractivity contribution in [2.75, 3.05) is 13.1 Å². The van der Waals surface area contributed by atoms with Crippen LogP contribution in [0.3, 0.4) is 0 Å². The Labute approximate surface area is 124 Å². The summed E-state index contributed by atoms with van der Waals surface area (Å²) in [7, 11) is 0. The number of amides is 1. The van der Waals surface area contributed by atoms with Gasteiger partial charge in [-0.2, -0.15) is 5.10 Å². The van der Waals surface area contributed by atoms with Crippen LogP contribution in [0.25, 0.3) is 5.69 Å². The predicted octanol–water partition coefficient (Wildman–Crippen LogP) is 1.68. The van der Waals surface area contributed by atoms with E-state index < -0.39 is 0 Å². The van der Waals surface area contributed by atoms with E-state index in [0.717, 1.165) is 18.7 Å². The smallest absolute Gasteiger partial charge is 0.257 e. The molecule has 0 spiro atoms. The molecule has 5 nitrogen and oxygen atoms in total. The van der Waals surface area contributed by atoms with Crippen molar-refractivity contribution in [3.63, 3.8) is 0 Å². The lowest BCUT2D eigenvalue weighted by molar-refractivity contribution is 0.0743. The molecule has 1 fully saturated rings. The minimum absolute atomic E-state index is 0.0423. The number of rotatable bonds is 3. The molecule has 1 aromatic carbocycles. The van der Waals surface area contributed by atoms with Gasteiger partial charge in [0.1, 0.15) is 0 Å². The Balaban J connectivity index is 1.79. The Morgan fingerprint density at radius 1 is 1.38 bits per heavy atom. The monoisotopic (exact) mass is 284 g/mol. The number of para-hydroxylation sites is 1. The fourth-order valence-electron chi connectivity index (χ4n) is 2.92. The van der Waals surface area contributed by atoms with E-state index in [-0.39, 0.29) is 11.9 Å². The van der Waals surface area contributed by atoms with Crippen LogP contribution in [0.4, 0.5) is 0 Å². The number of aromatic nitrogens is 2. The maximum absolute atomic E-state index is 12.6. The largest absolute Gasteiger partial charge is 0.336 e. The van der Waals surface area contributed by atoms with E-state index in [1.54, 1.807) is 17.1 Å². The van der Waals surface area contributed by atoms with Gasteiger partial charge in [0.05, 0.1) is 17.4 Å². The molecule has 0 bridgehead atoms. The molecule has 0 aliphatic carbocycles. The van der Waals surface area contributed by atoms with Crippen LogP contribution in [0.2, 0.25) is 0 Å². The molecule has 2 aromatic rings. The van der Waals surface area contributed by atoms with E-state index >= 15 is 0 Å². The summed E-state index contributed by atoms with van der Waals surface area (Å²) in [5, 5.41) is 4.29. The SMILES string of the molecule is CC1CC(CN)CN1C(=O)c1cnn(-c2ccccc2)c1. The van der Waals surface area contributed by atoms with Crippen LogP contribution in [0.1, 0.15) is 23.7 Å². The Kier molecular flexibility index (Phi) is 3.75. The topological polar surface area (TPSA) is 64.2 Å². The second-order valence-electron chi connectivity index (χ2n) is 5.65. The maximum atomic E-state index is 12.6. The summed E-state index contributed by atoms with van der Waals surface area (Å²) in [5.74, 6) is 0.453. The van der Waals surface area contributed by atoms with Crippen molar-refractivity contribution in [1.82, 2.24) is 14.7 Å². The molecule has 1 aliphatic heterocycles. The van der Waals surface area contributed by atoms with Gasteiger partial charge in [0.2, 0.25) is 0 Å². The third-order valence-electron chi connectivity index (χ3n) is 4.11. The molecule has 1 saturated heterocycles. The van der Waals surface area contributed by atoms with Gasteiger partial charge in [0.15, 0.2) is 0 Å². The van der Waals surface area contributed by atoms with Crippen molar-refractivity contribution >= 4 is 5.91 Å². The average Bonchev–Trinajstić information content (AvgIpc) is 3.14. The van der Waals surface area contributed by atoms with E-state index in [1.165, 1.54) is 0 Å². The van der Waals surface area contributed by atoms with Crippen LogP contribution in [0, 0.1) is 5.92 Å². The number of hydrogen-bond donors (Lipinski definition) is 1. The lowest BCUT2D eigenvalue weighted by Gasteiger charge is -2.20. The van der Waals surface area contributed by atoms with Crippen molar-refractivity contribution in [2.45, 2.75) is 19.4 Å². The van der Waals surface area contributed by atoms with Gasteiger partial charge in [-0.05, 0) is 37.9 Å². The first-order valence-corrected chi connectivity index (χ1v) is 7.30. The van der Waals surface area contributed by atoms with Gasteiger partial charge in [0.25, 0.3) is 5.91 Å². The summed E-state index contributed by atoms with van der Waals surface area (Å²) in [4.78, 5) is 14.5. The second-order valence-corrected chi connectivity index (χ2v) is 5.65. The van der Waals surface area contributed by atoms with Gasteiger partial charge in [0, 0.05) is 18.8 Å². The number of nitrogens with two attached hydrogens (primary N) is 1. The molecule has 2 unspecified atom stereocenters. The fourth-order valence-corrected chi connectivity index (χ4v) is 2.92. The fraction of sp³-hybridized carbons (Fsp3) is 0.375. The predicted molar refractivity (Wildman–Crippen MR) is 81.2 cm³/mol. The minimum Gasteiger partial charge on any atom is -0.336 e. The Bertz CT molecular complexity index is 622. The molecule has 1 aliphatic rings. The number of likely N-dealkylation sites (tertiary alicyclic amines) is 1. The summed E-state index contributed by atoms with van der Waals surface area (Å²) in [6.07, 6.45) is 4.41. The highest BCUT2D eigenvalue weighted by Crippen LogP contribution is 2.24. The van der Waals surface area contributed by atoms with Gasteiger partial charge in [-0.25, -0.2) is 4.68 Å². The maximum Gasteiger partial charge on any atom is 0.257 e. The first-order valence-electron chi connectivity index (χ1n) is 7.30. The van der Waals surface area contributed by atoms with Gasteiger partial charge >= 0.3 is 0 Å². The summed E-state index contributed by atoms with van der Waals surface area (Å²) in [6.45, 7) is 3.46. The zero-order valence-electron chi connectivity index (χ0n) is 12.1. The highest BCUT2D eigenvalue weighted by molar-refractivity contribution is 5.94. The third-order valence-corrected chi connectivity index (χ3v) is 4.11. The lowest BCUT2D eigenvalue weighted by atomic mass is 10.1. The molecule has 5 heteroatoms. The van der Waals surface area contributed by atoms with E-state index in [2.05, 4.69) is 12.0 Å². The van der Waals surface area contributed by atoms with E-state index in [4.69, 9.17) is 5.73 Å². The molecular weight excluding hydrogens is 264 g/mol. The number of carbonyl (C=O) groups is 1. The summed E-state index contributed by atoms with van der Waals surface area (Å²) in [5.41, 5.74) is 7.30. The second kappa shape index (κ2) is 5.69. The van der Waals surface area contributed by atoms with Crippen LogP contribution >= 0.6 is 0 Å². The third kappa shape index (κ3) is 2.69. The molecule has 21 heavy (non-hydrogen) atoms. The molecule has 1 amide bonds. The lowest BCUT2D eigenvalue weighted by Crippen LogP contribution is -2.34. The van der Waals surface area contributed by atoms with Crippen LogP contribution < -0.4 is 5.73 Å². The molecule has 0 saturated carbocycles. The van der Waals surface area contributed by atoms with E-state index in [9.17, 15) is 4.79 Å². The number of hydrogen-bond acceptors (Lipinski definition) is 3. The van der Waals surface area contributed by atoms with Crippen molar-refractivity contribution in [3.8, 4) is 5.69 Å². The highest BCUT2D eigenvalue weighted by atomic mass is 16.2. The number of benzene rings is 1. The molecule has 3 rings (SSSR count). The van der Waals surface area contributed by atoms with Gasteiger partial charge in [-0.3, -0.25) is 4.79 Å². The molecule has 2 atom stereocenters. The van der Waals surface area contributed by atoms with E-state index in [0.29, 0.717) is 18.0 Å². The van der Waals surface area contributed by atoms with Crippen molar-refractivity contribution < 1.29 is 4.79 Å². The van der Waals surface area contributed by atoms with Gasteiger partial charge in [-0.15, -0.1) is 0 Å². The summed E-state index contributed by atoms with van der Waals surface area (Å²) < 4.78 is 1.73. The molecule has 2 heterocycles. The van der Waals surface area contributed by atoms with Crippen LogP contribution in [0.15, 0.2) is 42.7 Å². The quantitative estimate of drug-likeness (QED) is 0.932. The molecule has 0 radical (unpaired) electrons. The molecule has 1 aromatic heterocycles. The Morgan fingerprint density at radius 3 is 2.81 bits per heavy atom. The highest BCUT2D eigenvalue weighted by Gasteiger charge is 2.32. The Morgan fingerprint density at radius 2 is 2.14 bits per heavy atom. The minimum atomic E-state index is 0.0423. The Hall–Kier alpha value is -2.14. The normalized spacial score (nSPS) is 21.7. The number of carbonyl (C=O) groups excluding carboxylic acids is 1. The summed E-state index contributed by atoms with van der Waals surface area (Å²) >= 11 is 0. The van der Waals surface area contributed by atoms with Crippen molar-refractivity contribution in [1.29, 1.82) is 0 Å². The van der Waals surface area contributed by atoms with Crippen molar-refractivity contribution in [3.05, 3.63) is 48.3 Å². The molecule has 110 valence electrons. The van der Waals surface area contributed by atoms with E-state index in [1.807, 2.05) is 35.2 Å². The first-order chi connectivity index (χ1) is 10.2. The zero-order chi connectivity index (χ0) is 14.8. The van der Waals surface area contributed by atoms with Crippen LogP contribution in [-0.2, 0) is 0 Å². The zero-order valence-corrected chi connectivity index (χ0v) is 12.1. The van der Waals surface area contributed by atoms with Crippen LogP contribution in [-0.4, -0.2) is 39.7 Å². The van der Waals surface area contributed by atoms with Crippen LogP contribution in [0.5, 0.6) is 0 Å². The summed E-state index contributed by atoms with van der Waals surface area (Å²) in [6, 6.07) is 10.0.